The van der Waals surface area contributed by atoms with Crippen molar-refractivity contribution in [3.8, 4) is 11.5 Å². The summed E-state index contributed by atoms with van der Waals surface area (Å²) in [6.45, 7) is 1.71. The zero-order chi connectivity index (χ0) is 17.2. The summed E-state index contributed by atoms with van der Waals surface area (Å²) in [5, 5.41) is 2.68. The molecule has 2 aromatic carbocycles. The van der Waals surface area contributed by atoms with Crippen LogP contribution in [0, 0.1) is 0 Å². The maximum atomic E-state index is 11.8. The predicted octanol–water partition coefficient (Wildman–Crippen LogP) is 4.15. The smallest absolute Gasteiger partial charge is 0.306 e. The molecule has 24 heavy (non-hydrogen) atoms. The monoisotopic (exact) mass is 327 g/mol. The highest BCUT2D eigenvalue weighted by Crippen LogP contribution is 2.23. The lowest BCUT2D eigenvalue weighted by Gasteiger charge is -2.09. The maximum Gasteiger partial charge on any atom is 0.306 e. The molecule has 0 atom stereocenters. The number of carbonyl (C=O) groups is 2. The summed E-state index contributed by atoms with van der Waals surface area (Å²) in [5.74, 6) is 0.592. The highest BCUT2D eigenvalue weighted by molar-refractivity contribution is 5.92. The molecule has 0 spiro atoms. The molecule has 0 unspecified atom stereocenters. The van der Waals surface area contributed by atoms with Crippen LogP contribution in [0.15, 0.2) is 54.6 Å². The zero-order valence-electron chi connectivity index (χ0n) is 13.7. The first-order valence-corrected chi connectivity index (χ1v) is 7.96. The Bertz CT molecular complexity index is 670. The van der Waals surface area contributed by atoms with E-state index in [0.29, 0.717) is 23.6 Å². The molecule has 0 aliphatic rings. The van der Waals surface area contributed by atoms with Gasteiger partial charge < -0.3 is 14.8 Å². The number of hydrogen-bond donors (Lipinski definition) is 1. The van der Waals surface area contributed by atoms with E-state index in [1.807, 2.05) is 37.3 Å². The second kappa shape index (κ2) is 9.35. The van der Waals surface area contributed by atoms with Crippen LogP contribution in [0.2, 0.25) is 0 Å². The van der Waals surface area contributed by atoms with E-state index in [1.165, 1.54) is 0 Å². The van der Waals surface area contributed by atoms with E-state index in [9.17, 15) is 9.59 Å². The van der Waals surface area contributed by atoms with Gasteiger partial charge in [0, 0.05) is 18.2 Å². The molecule has 0 aliphatic carbocycles. The molecule has 0 bridgehead atoms. The van der Waals surface area contributed by atoms with E-state index < -0.39 is 0 Å². The summed E-state index contributed by atoms with van der Waals surface area (Å²) in [5.41, 5.74) is 0.582. The van der Waals surface area contributed by atoms with Gasteiger partial charge in [0.15, 0.2) is 6.61 Å². The van der Waals surface area contributed by atoms with Gasteiger partial charge in [-0.2, -0.15) is 0 Å². The normalized spacial score (nSPS) is 10.0. The number of unbranched alkanes of at least 4 members (excludes halogenated alkanes) is 1. The number of carbonyl (C=O) groups excluding carboxylic acids is 2. The fourth-order valence-electron chi connectivity index (χ4n) is 2.00. The minimum Gasteiger partial charge on any atom is -0.457 e. The Morgan fingerprint density at radius 1 is 1.00 bits per heavy atom. The number of nitrogens with one attached hydrogen (secondary N) is 1. The first-order valence-electron chi connectivity index (χ1n) is 7.96. The van der Waals surface area contributed by atoms with Crippen LogP contribution in [-0.4, -0.2) is 18.5 Å². The molecule has 2 aromatic rings. The first kappa shape index (κ1) is 17.5. The quantitative estimate of drug-likeness (QED) is 0.740. The van der Waals surface area contributed by atoms with Crippen molar-refractivity contribution < 1.29 is 19.1 Å². The second-order valence-electron chi connectivity index (χ2n) is 5.26. The van der Waals surface area contributed by atoms with E-state index in [4.69, 9.17) is 9.47 Å². The number of rotatable bonds is 8. The Balaban J connectivity index is 1.85. The van der Waals surface area contributed by atoms with Crippen LogP contribution in [0.1, 0.15) is 26.2 Å². The lowest BCUT2D eigenvalue weighted by molar-refractivity contribution is -0.147. The van der Waals surface area contributed by atoms with Crippen LogP contribution in [0.5, 0.6) is 11.5 Å². The van der Waals surface area contributed by atoms with Gasteiger partial charge in [-0.05, 0) is 30.7 Å². The van der Waals surface area contributed by atoms with Gasteiger partial charge in [0.2, 0.25) is 0 Å². The van der Waals surface area contributed by atoms with Gasteiger partial charge in [-0.15, -0.1) is 0 Å². The first-order chi connectivity index (χ1) is 11.7. The lowest BCUT2D eigenvalue weighted by atomic mass is 10.2. The number of ether oxygens (including phenoxy) is 2. The Labute approximate surface area is 141 Å². The van der Waals surface area contributed by atoms with E-state index in [1.54, 1.807) is 24.3 Å². The van der Waals surface area contributed by atoms with Crippen LogP contribution in [0.3, 0.4) is 0 Å². The van der Waals surface area contributed by atoms with Crippen molar-refractivity contribution >= 4 is 17.6 Å². The van der Waals surface area contributed by atoms with Crippen LogP contribution in [0.4, 0.5) is 5.69 Å². The third-order valence-electron chi connectivity index (χ3n) is 3.20. The van der Waals surface area contributed by atoms with Crippen molar-refractivity contribution in [2.45, 2.75) is 26.2 Å². The molecule has 0 fully saturated rings. The molecule has 1 N–H and O–H groups in total. The molecule has 0 aliphatic heterocycles. The Hall–Kier alpha value is -2.82. The Kier molecular flexibility index (Phi) is 6.83. The van der Waals surface area contributed by atoms with Crippen molar-refractivity contribution in [1.29, 1.82) is 0 Å². The zero-order valence-corrected chi connectivity index (χ0v) is 13.7. The van der Waals surface area contributed by atoms with Crippen molar-refractivity contribution in [2.75, 3.05) is 11.9 Å². The molecule has 5 nitrogen and oxygen atoms in total. The van der Waals surface area contributed by atoms with Gasteiger partial charge in [-0.25, -0.2) is 0 Å². The number of benzene rings is 2. The van der Waals surface area contributed by atoms with Gasteiger partial charge in [0.1, 0.15) is 11.5 Å². The van der Waals surface area contributed by atoms with Gasteiger partial charge in [-0.1, -0.05) is 37.6 Å². The summed E-state index contributed by atoms with van der Waals surface area (Å²) in [4.78, 5) is 23.2. The van der Waals surface area contributed by atoms with Crippen molar-refractivity contribution in [2.24, 2.45) is 0 Å². The van der Waals surface area contributed by atoms with Gasteiger partial charge >= 0.3 is 5.97 Å². The van der Waals surface area contributed by atoms with Crippen LogP contribution >= 0.6 is 0 Å². The molecular formula is C19H21NO4. The van der Waals surface area contributed by atoms with Crippen molar-refractivity contribution in [3.05, 3.63) is 54.6 Å². The van der Waals surface area contributed by atoms with E-state index in [-0.39, 0.29) is 18.5 Å². The fourth-order valence-corrected chi connectivity index (χ4v) is 2.00. The minimum atomic E-state index is -0.378. The van der Waals surface area contributed by atoms with Crippen molar-refractivity contribution in [1.82, 2.24) is 0 Å². The molecule has 1 amide bonds. The summed E-state index contributed by atoms with van der Waals surface area (Å²) in [6.07, 6.45) is 2.01. The van der Waals surface area contributed by atoms with Gasteiger partial charge in [0.05, 0.1) is 0 Å². The number of hydrogen-bond acceptors (Lipinski definition) is 4. The van der Waals surface area contributed by atoms with Gasteiger partial charge in [0.25, 0.3) is 5.91 Å². The Morgan fingerprint density at radius 2 is 1.75 bits per heavy atom. The summed E-state index contributed by atoms with van der Waals surface area (Å²) in [6, 6.07) is 16.4. The number of esters is 1. The largest absolute Gasteiger partial charge is 0.457 e. The number of anilines is 1. The van der Waals surface area contributed by atoms with E-state index in [0.717, 1.165) is 12.8 Å². The molecule has 0 radical (unpaired) electrons. The van der Waals surface area contributed by atoms with Crippen molar-refractivity contribution in [3.63, 3.8) is 0 Å². The molecule has 0 heterocycles. The highest BCUT2D eigenvalue weighted by Gasteiger charge is 2.08. The second-order valence-corrected chi connectivity index (χ2v) is 5.26. The third-order valence-corrected chi connectivity index (χ3v) is 3.20. The van der Waals surface area contributed by atoms with Crippen LogP contribution in [-0.2, 0) is 14.3 Å². The number of amides is 1. The van der Waals surface area contributed by atoms with Crippen LogP contribution in [0.25, 0.3) is 0 Å². The summed E-state index contributed by atoms with van der Waals surface area (Å²) >= 11 is 0. The third kappa shape index (κ3) is 6.12. The molecule has 5 heteroatoms. The summed E-state index contributed by atoms with van der Waals surface area (Å²) < 4.78 is 10.6. The highest BCUT2D eigenvalue weighted by atomic mass is 16.5. The predicted molar refractivity (Wildman–Crippen MR) is 92.1 cm³/mol. The van der Waals surface area contributed by atoms with Gasteiger partial charge in [-0.3, -0.25) is 9.59 Å². The lowest BCUT2D eigenvalue weighted by Crippen LogP contribution is -2.20. The maximum absolute atomic E-state index is 11.8. The topological polar surface area (TPSA) is 64.6 Å². The fraction of sp³-hybridized carbons (Fsp3) is 0.263. The average molecular weight is 327 g/mol. The Morgan fingerprint density at radius 3 is 2.50 bits per heavy atom. The SMILES string of the molecule is CCCCC(=O)OCC(=O)Nc1cccc(Oc2ccccc2)c1. The van der Waals surface area contributed by atoms with E-state index >= 15 is 0 Å². The average Bonchev–Trinajstić information content (AvgIpc) is 2.59. The number of para-hydroxylation sites is 1. The molecule has 126 valence electrons. The molecular weight excluding hydrogens is 306 g/mol. The molecule has 0 saturated heterocycles. The molecule has 0 saturated carbocycles. The van der Waals surface area contributed by atoms with Crippen LogP contribution < -0.4 is 10.1 Å². The molecule has 0 aromatic heterocycles. The molecule has 2 rings (SSSR count). The standard InChI is InChI=1S/C19H21NO4/c1-2-3-12-19(22)23-14-18(21)20-15-8-7-11-17(13-15)24-16-9-5-4-6-10-16/h4-11,13H,2-3,12,14H2,1H3,(H,20,21). The minimum absolute atomic E-state index is 0.285. The summed E-state index contributed by atoms with van der Waals surface area (Å²) in [7, 11) is 0. The van der Waals surface area contributed by atoms with E-state index in [2.05, 4.69) is 5.32 Å².